The lowest BCUT2D eigenvalue weighted by Crippen LogP contribution is -2.17. The van der Waals surface area contributed by atoms with E-state index in [2.05, 4.69) is 57.6 Å². The molecule has 0 saturated carbocycles. The highest BCUT2D eigenvalue weighted by atomic mass is 14.7. The summed E-state index contributed by atoms with van der Waals surface area (Å²) in [5.74, 6) is 0. The highest BCUT2D eigenvalue weighted by molar-refractivity contribution is 5.92. The predicted octanol–water partition coefficient (Wildman–Crippen LogP) is 4.78. The molecule has 0 aliphatic carbocycles. The lowest BCUT2D eigenvalue weighted by atomic mass is 9.86. The molecule has 2 nitrogen and oxygen atoms in total. The standard InChI is InChI=1S/2C8H13N/c1-8(2,3)7-4-5-9-6-7;1-8(2,3)7-5-4-6-9-7/h5-6H,4H2,1-3H3;4,6H,5H2,1-3H3. The Morgan fingerprint density at radius 1 is 0.944 bits per heavy atom. The second-order valence-corrected chi connectivity index (χ2v) is 6.85. The van der Waals surface area contributed by atoms with Crippen LogP contribution in [0.5, 0.6) is 0 Å². The number of nitrogens with zero attached hydrogens (tertiary/aromatic N) is 2. The van der Waals surface area contributed by atoms with Crippen LogP contribution >= 0.6 is 0 Å². The van der Waals surface area contributed by atoms with Crippen LogP contribution in [0.2, 0.25) is 0 Å². The first kappa shape index (κ1) is 14.9. The van der Waals surface area contributed by atoms with Gasteiger partial charge in [0.1, 0.15) is 0 Å². The molecule has 0 aromatic carbocycles. The molecule has 2 heteroatoms. The summed E-state index contributed by atoms with van der Waals surface area (Å²) in [6.45, 7) is 13.2. The fourth-order valence-corrected chi connectivity index (χ4v) is 1.71. The van der Waals surface area contributed by atoms with Crippen molar-refractivity contribution in [1.82, 2.24) is 0 Å². The summed E-state index contributed by atoms with van der Waals surface area (Å²) in [5, 5.41) is 0. The molecule has 0 saturated heterocycles. The van der Waals surface area contributed by atoms with E-state index in [0.29, 0.717) is 5.41 Å². The molecule has 0 atom stereocenters. The number of allylic oxidation sites excluding steroid dienone is 2. The van der Waals surface area contributed by atoms with Crippen molar-refractivity contribution in [3.63, 3.8) is 0 Å². The minimum Gasteiger partial charge on any atom is -0.269 e. The van der Waals surface area contributed by atoms with Gasteiger partial charge in [-0.15, -0.1) is 0 Å². The largest absolute Gasteiger partial charge is 0.269 e. The van der Waals surface area contributed by atoms with E-state index in [4.69, 9.17) is 0 Å². The van der Waals surface area contributed by atoms with Gasteiger partial charge in [0.15, 0.2) is 0 Å². The van der Waals surface area contributed by atoms with Crippen molar-refractivity contribution in [2.24, 2.45) is 20.8 Å². The molecule has 0 aromatic heterocycles. The Morgan fingerprint density at radius 2 is 1.61 bits per heavy atom. The zero-order valence-corrected chi connectivity index (χ0v) is 12.6. The van der Waals surface area contributed by atoms with Crippen LogP contribution in [0.1, 0.15) is 54.4 Å². The summed E-state index contributed by atoms with van der Waals surface area (Å²) < 4.78 is 0. The second-order valence-electron chi connectivity index (χ2n) is 6.85. The van der Waals surface area contributed by atoms with Crippen molar-refractivity contribution < 1.29 is 0 Å². The Morgan fingerprint density at radius 3 is 1.83 bits per heavy atom. The minimum atomic E-state index is 0.267. The Kier molecular flexibility index (Phi) is 4.66. The van der Waals surface area contributed by atoms with Gasteiger partial charge >= 0.3 is 0 Å². The molecule has 100 valence electrons. The number of aliphatic imine (C=N–C) groups is 2. The van der Waals surface area contributed by atoms with Crippen molar-refractivity contribution in [2.75, 3.05) is 0 Å². The van der Waals surface area contributed by atoms with Crippen molar-refractivity contribution in [2.45, 2.75) is 54.4 Å². The fourth-order valence-electron chi connectivity index (χ4n) is 1.71. The van der Waals surface area contributed by atoms with Gasteiger partial charge in [0, 0.05) is 42.6 Å². The quantitative estimate of drug-likeness (QED) is 0.587. The summed E-state index contributed by atoms with van der Waals surface area (Å²) in [4.78, 5) is 8.29. The molecule has 2 heterocycles. The first-order valence-corrected chi connectivity index (χ1v) is 6.64. The SMILES string of the molecule is CC(C)(C)C1=CN=CC1.CC(C)(C)C1=NC=CC1. The lowest BCUT2D eigenvalue weighted by Gasteiger charge is -2.18. The number of rotatable bonds is 0. The third-order valence-electron chi connectivity index (χ3n) is 3.12. The molecule has 0 aromatic rings. The average molecular weight is 246 g/mol. The second kappa shape index (κ2) is 5.64. The summed E-state index contributed by atoms with van der Waals surface area (Å²) in [7, 11) is 0. The third-order valence-corrected chi connectivity index (χ3v) is 3.12. The van der Waals surface area contributed by atoms with E-state index < -0.39 is 0 Å². The fraction of sp³-hybridized carbons (Fsp3) is 0.625. The Balaban J connectivity index is 0.000000180. The monoisotopic (exact) mass is 246 g/mol. The van der Waals surface area contributed by atoms with E-state index in [-0.39, 0.29) is 5.41 Å². The highest BCUT2D eigenvalue weighted by Crippen LogP contribution is 2.29. The molecule has 0 spiro atoms. The first-order chi connectivity index (χ1) is 8.21. The summed E-state index contributed by atoms with van der Waals surface area (Å²) in [6, 6.07) is 0. The van der Waals surface area contributed by atoms with Crippen molar-refractivity contribution in [3.8, 4) is 0 Å². The van der Waals surface area contributed by atoms with Gasteiger partial charge in [-0.1, -0.05) is 47.6 Å². The van der Waals surface area contributed by atoms with Crippen LogP contribution in [0.3, 0.4) is 0 Å². The smallest absolute Gasteiger partial charge is 0.0270 e. The minimum absolute atomic E-state index is 0.267. The van der Waals surface area contributed by atoms with Gasteiger partial charge in [-0.3, -0.25) is 9.98 Å². The Hall–Kier alpha value is -1.18. The Bertz CT molecular complexity index is 356. The van der Waals surface area contributed by atoms with E-state index >= 15 is 0 Å². The zero-order valence-electron chi connectivity index (χ0n) is 12.6. The van der Waals surface area contributed by atoms with Crippen molar-refractivity contribution in [3.05, 3.63) is 24.0 Å². The summed E-state index contributed by atoms with van der Waals surface area (Å²) in [5.41, 5.74) is 3.31. The molecule has 2 rings (SSSR count). The molecule has 0 unspecified atom stereocenters. The zero-order chi connectivity index (χ0) is 13.8. The third kappa shape index (κ3) is 4.59. The number of hydrogen-bond donors (Lipinski definition) is 0. The van der Waals surface area contributed by atoms with Crippen molar-refractivity contribution in [1.29, 1.82) is 0 Å². The van der Waals surface area contributed by atoms with Gasteiger partial charge in [0.05, 0.1) is 0 Å². The van der Waals surface area contributed by atoms with Crippen LogP contribution in [0.15, 0.2) is 34.0 Å². The summed E-state index contributed by atoms with van der Waals surface area (Å²) >= 11 is 0. The van der Waals surface area contributed by atoms with Crippen LogP contribution in [0.4, 0.5) is 0 Å². The highest BCUT2D eigenvalue weighted by Gasteiger charge is 2.18. The maximum atomic E-state index is 4.24. The molecule has 2 aliphatic heterocycles. The van der Waals surface area contributed by atoms with E-state index in [0.717, 1.165) is 12.8 Å². The Labute approximate surface area is 112 Å². The summed E-state index contributed by atoms with van der Waals surface area (Å²) in [6.07, 6.45) is 10.0. The van der Waals surface area contributed by atoms with Crippen LogP contribution < -0.4 is 0 Å². The first-order valence-electron chi connectivity index (χ1n) is 6.64. The maximum absolute atomic E-state index is 4.24. The van der Waals surface area contributed by atoms with E-state index in [9.17, 15) is 0 Å². The number of hydrogen-bond acceptors (Lipinski definition) is 2. The molecule has 0 radical (unpaired) electrons. The van der Waals surface area contributed by atoms with E-state index in [1.807, 2.05) is 18.6 Å². The normalized spacial score (nSPS) is 18.3. The van der Waals surface area contributed by atoms with Gasteiger partial charge in [-0.2, -0.15) is 0 Å². The maximum Gasteiger partial charge on any atom is 0.0270 e. The molecule has 18 heavy (non-hydrogen) atoms. The van der Waals surface area contributed by atoms with Gasteiger partial charge < -0.3 is 0 Å². The van der Waals surface area contributed by atoms with Gasteiger partial charge in [0.2, 0.25) is 0 Å². The van der Waals surface area contributed by atoms with Gasteiger partial charge in [-0.25, -0.2) is 0 Å². The molecule has 0 fully saturated rings. The van der Waals surface area contributed by atoms with Crippen LogP contribution in [-0.2, 0) is 0 Å². The van der Waals surface area contributed by atoms with Gasteiger partial charge in [0.25, 0.3) is 0 Å². The lowest BCUT2D eigenvalue weighted by molar-refractivity contribution is 0.499. The van der Waals surface area contributed by atoms with E-state index in [1.54, 1.807) is 0 Å². The van der Waals surface area contributed by atoms with Crippen LogP contribution in [0.25, 0.3) is 0 Å². The average Bonchev–Trinajstić information content (AvgIpc) is 2.91. The molecule has 0 N–H and O–H groups in total. The van der Waals surface area contributed by atoms with Crippen molar-refractivity contribution >= 4 is 11.9 Å². The topological polar surface area (TPSA) is 24.7 Å². The molecule has 0 amide bonds. The van der Waals surface area contributed by atoms with E-state index in [1.165, 1.54) is 11.3 Å². The van der Waals surface area contributed by atoms with Crippen LogP contribution in [0, 0.1) is 10.8 Å². The molecule has 2 aliphatic rings. The predicted molar refractivity (Wildman–Crippen MR) is 81.3 cm³/mol. The van der Waals surface area contributed by atoms with Gasteiger partial charge in [-0.05, 0) is 11.0 Å². The van der Waals surface area contributed by atoms with Crippen LogP contribution in [-0.4, -0.2) is 11.9 Å². The molecular formula is C16H26N2. The molecule has 0 bridgehead atoms. The molecular weight excluding hydrogens is 220 g/mol.